The number of ether oxygens (including phenoxy) is 1. The van der Waals surface area contributed by atoms with Crippen LogP contribution in [0, 0.1) is 0 Å². The highest BCUT2D eigenvalue weighted by molar-refractivity contribution is 5.66. The van der Waals surface area contributed by atoms with Crippen molar-refractivity contribution in [2.75, 3.05) is 19.8 Å². The molecule has 0 spiro atoms. The molecule has 0 aromatic carbocycles. The van der Waals surface area contributed by atoms with E-state index < -0.39 is 6.09 Å². The van der Waals surface area contributed by atoms with E-state index in [2.05, 4.69) is 5.32 Å². The summed E-state index contributed by atoms with van der Waals surface area (Å²) in [7, 11) is 0. The number of nitrogens with one attached hydrogen (secondary N) is 1. The smallest absolute Gasteiger partial charge is 0.407 e. The van der Waals surface area contributed by atoms with Crippen LogP contribution in [0.25, 0.3) is 0 Å². The van der Waals surface area contributed by atoms with E-state index in [-0.39, 0.29) is 13.2 Å². The second kappa shape index (κ2) is 7.34. The zero-order chi connectivity index (χ0) is 8.53. The molecule has 0 aliphatic carbocycles. The topological polar surface area (TPSA) is 58.2 Å². The highest BCUT2D eigenvalue weighted by atomic mass is 16.5. The second-order valence-electron chi connectivity index (χ2n) is 2.12. The van der Waals surface area contributed by atoms with Gasteiger partial charge in [0.05, 0.1) is 13.2 Å². The molecule has 1 amide bonds. The summed E-state index contributed by atoms with van der Waals surface area (Å²) in [6, 6.07) is 0. The molecule has 0 atom stereocenters. The van der Waals surface area contributed by atoms with Crippen LogP contribution in [0.3, 0.4) is 0 Å². The van der Waals surface area contributed by atoms with E-state index in [1.165, 1.54) is 0 Å². The Hall–Kier alpha value is -0.770. The molecule has 0 rings (SSSR count). The van der Waals surface area contributed by atoms with E-state index in [9.17, 15) is 9.90 Å². The molecule has 1 N–H and O–H groups in total. The van der Waals surface area contributed by atoms with Crippen molar-refractivity contribution in [3.8, 4) is 0 Å². The third-order valence-electron chi connectivity index (χ3n) is 1.10. The lowest BCUT2D eigenvalue weighted by molar-refractivity contribution is 0.136. The van der Waals surface area contributed by atoms with Crippen LogP contribution in [-0.4, -0.2) is 25.9 Å². The summed E-state index contributed by atoms with van der Waals surface area (Å²) in [5, 5.41) is 12.2. The molecule has 0 saturated heterocycles. The first kappa shape index (κ1) is 10.2. The van der Waals surface area contributed by atoms with Crippen LogP contribution in [0.1, 0.15) is 19.8 Å². The van der Waals surface area contributed by atoms with Gasteiger partial charge in [-0.05, 0) is 6.42 Å². The number of hydrogen-bond donors (Lipinski definition) is 1. The van der Waals surface area contributed by atoms with Gasteiger partial charge in [-0.2, -0.15) is 0 Å². The van der Waals surface area contributed by atoms with Gasteiger partial charge in [0.2, 0.25) is 0 Å². The summed E-state index contributed by atoms with van der Waals surface area (Å²) in [6.45, 7) is 2.29. The quantitative estimate of drug-likeness (QED) is 0.608. The molecular formula is C7H14NO3. The Morgan fingerprint density at radius 1 is 1.55 bits per heavy atom. The van der Waals surface area contributed by atoms with Crippen LogP contribution in [0.4, 0.5) is 4.79 Å². The highest BCUT2D eigenvalue weighted by Crippen LogP contribution is 1.87. The Morgan fingerprint density at radius 2 is 2.27 bits per heavy atom. The maximum atomic E-state index is 10.6. The van der Waals surface area contributed by atoms with Crippen molar-refractivity contribution in [1.29, 1.82) is 0 Å². The average molecular weight is 160 g/mol. The van der Waals surface area contributed by atoms with E-state index in [0.717, 1.165) is 12.8 Å². The number of unbranched alkanes of at least 4 members (excludes halogenated alkanes) is 1. The number of rotatable bonds is 5. The van der Waals surface area contributed by atoms with Gasteiger partial charge in [-0.1, -0.05) is 13.3 Å². The van der Waals surface area contributed by atoms with E-state index >= 15 is 0 Å². The van der Waals surface area contributed by atoms with Crippen LogP contribution in [0.5, 0.6) is 0 Å². The van der Waals surface area contributed by atoms with Crippen molar-refractivity contribution < 1.29 is 14.6 Å². The summed E-state index contributed by atoms with van der Waals surface area (Å²) < 4.78 is 4.70. The Kier molecular flexibility index (Phi) is 6.82. The van der Waals surface area contributed by atoms with Crippen LogP contribution in [0.15, 0.2) is 0 Å². The average Bonchev–Trinajstić information content (AvgIpc) is 2.01. The zero-order valence-electron chi connectivity index (χ0n) is 6.76. The molecule has 0 aliphatic heterocycles. The molecule has 11 heavy (non-hydrogen) atoms. The molecule has 0 heterocycles. The molecule has 0 aromatic rings. The molecule has 0 bridgehead atoms. The van der Waals surface area contributed by atoms with Gasteiger partial charge in [-0.3, -0.25) is 0 Å². The fraction of sp³-hybridized carbons (Fsp3) is 0.857. The zero-order valence-corrected chi connectivity index (χ0v) is 6.76. The highest BCUT2D eigenvalue weighted by Gasteiger charge is 1.98. The maximum absolute atomic E-state index is 10.6. The molecule has 4 nitrogen and oxygen atoms in total. The minimum Gasteiger partial charge on any atom is -0.450 e. The van der Waals surface area contributed by atoms with E-state index in [1.54, 1.807) is 0 Å². The van der Waals surface area contributed by atoms with Gasteiger partial charge in [0.15, 0.2) is 0 Å². The van der Waals surface area contributed by atoms with E-state index in [0.29, 0.717) is 6.61 Å². The number of carbonyl (C=O) groups excluding carboxylic acids is 1. The number of carbonyl (C=O) groups is 1. The molecular weight excluding hydrogens is 146 g/mol. The minimum absolute atomic E-state index is 0.144. The van der Waals surface area contributed by atoms with Gasteiger partial charge >= 0.3 is 6.09 Å². The predicted octanol–water partition coefficient (Wildman–Crippen LogP) is 0.943. The largest absolute Gasteiger partial charge is 0.450 e. The minimum atomic E-state index is -0.491. The monoisotopic (exact) mass is 160 g/mol. The third-order valence-corrected chi connectivity index (χ3v) is 1.10. The normalized spacial score (nSPS) is 9.27. The third kappa shape index (κ3) is 7.12. The van der Waals surface area contributed by atoms with Crippen molar-refractivity contribution in [3.05, 3.63) is 0 Å². The lowest BCUT2D eigenvalue weighted by atomic mass is 10.4. The van der Waals surface area contributed by atoms with Gasteiger partial charge in [0, 0.05) is 6.54 Å². The molecule has 0 saturated carbocycles. The van der Waals surface area contributed by atoms with E-state index in [1.807, 2.05) is 6.92 Å². The lowest BCUT2D eigenvalue weighted by Crippen LogP contribution is -2.27. The van der Waals surface area contributed by atoms with Crippen molar-refractivity contribution >= 4 is 6.09 Å². The molecule has 0 aliphatic rings. The van der Waals surface area contributed by atoms with Gasteiger partial charge in [0.25, 0.3) is 0 Å². The standard InChI is InChI=1S/C7H14NO3/c1-2-3-6-11-7(10)8-4-5-9/h2-6H2,1H3,(H,8,10). The lowest BCUT2D eigenvalue weighted by Gasteiger charge is -2.03. The fourth-order valence-electron chi connectivity index (χ4n) is 0.513. The summed E-state index contributed by atoms with van der Waals surface area (Å²) >= 11 is 0. The van der Waals surface area contributed by atoms with Crippen molar-refractivity contribution in [3.63, 3.8) is 0 Å². The van der Waals surface area contributed by atoms with Crippen LogP contribution in [-0.2, 0) is 9.84 Å². The molecule has 4 heteroatoms. The van der Waals surface area contributed by atoms with Gasteiger partial charge < -0.3 is 10.1 Å². The predicted molar refractivity (Wildman–Crippen MR) is 39.8 cm³/mol. The van der Waals surface area contributed by atoms with Gasteiger partial charge in [-0.15, -0.1) is 0 Å². The van der Waals surface area contributed by atoms with Gasteiger partial charge in [-0.25, -0.2) is 9.90 Å². The Bertz CT molecular complexity index is 106. The summed E-state index contributed by atoms with van der Waals surface area (Å²) in [4.78, 5) is 10.6. The maximum Gasteiger partial charge on any atom is 0.407 e. The van der Waals surface area contributed by atoms with Crippen LogP contribution in [0.2, 0.25) is 0 Å². The van der Waals surface area contributed by atoms with Crippen LogP contribution >= 0.6 is 0 Å². The SMILES string of the molecule is CCCCOC(=O)NCC[O]. The number of amides is 1. The van der Waals surface area contributed by atoms with Crippen molar-refractivity contribution in [2.24, 2.45) is 0 Å². The summed E-state index contributed by atoms with van der Waals surface area (Å²) in [6.07, 6.45) is 1.37. The first-order chi connectivity index (χ1) is 5.31. The molecule has 1 radical (unpaired) electrons. The molecule has 0 fully saturated rings. The Balaban J connectivity index is 3.09. The van der Waals surface area contributed by atoms with Gasteiger partial charge in [0.1, 0.15) is 0 Å². The summed E-state index contributed by atoms with van der Waals surface area (Å²) in [5.41, 5.74) is 0. The second-order valence-corrected chi connectivity index (χ2v) is 2.12. The first-order valence-electron chi connectivity index (χ1n) is 3.80. The molecule has 0 unspecified atom stereocenters. The molecule has 65 valence electrons. The number of hydrogen-bond acceptors (Lipinski definition) is 2. The van der Waals surface area contributed by atoms with Crippen molar-refractivity contribution in [1.82, 2.24) is 5.32 Å². The van der Waals surface area contributed by atoms with Crippen molar-refractivity contribution in [2.45, 2.75) is 19.8 Å². The Labute approximate surface area is 66.5 Å². The first-order valence-corrected chi connectivity index (χ1v) is 3.80. The van der Waals surface area contributed by atoms with E-state index in [4.69, 9.17) is 4.74 Å². The van der Waals surface area contributed by atoms with Crippen LogP contribution < -0.4 is 5.32 Å². The molecule has 0 aromatic heterocycles. The Morgan fingerprint density at radius 3 is 2.82 bits per heavy atom. The summed E-state index contributed by atoms with van der Waals surface area (Å²) in [5.74, 6) is 0. The fourth-order valence-corrected chi connectivity index (χ4v) is 0.513. The number of alkyl carbamates (subject to hydrolysis) is 1.